The number of hydrogen-bond donors (Lipinski definition) is 0. The van der Waals surface area contributed by atoms with Crippen molar-refractivity contribution in [2.75, 3.05) is 45.2 Å². The van der Waals surface area contributed by atoms with E-state index in [1.165, 1.54) is 22.7 Å². The van der Waals surface area contributed by atoms with Crippen LogP contribution in [0.2, 0.25) is 0 Å². The molecule has 2 atom stereocenters. The molecule has 2 aliphatic rings. The van der Waals surface area contributed by atoms with E-state index in [1.54, 1.807) is 4.90 Å². The number of hydrogen-bond acceptors (Lipinski definition) is 4. The number of carbonyl (C=O) groups is 1. The lowest BCUT2D eigenvalue weighted by Gasteiger charge is -2.37. The summed E-state index contributed by atoms with van der Waals surface area (Å²) in [4.78, 5) is 14.7. The summed E-state index contributed by atoms with van der Waals surface area (Å²) in [7, 11) is -0.461. The van der Waals surface area contributed by atoms with E-state index >= 15 is 0 Å². The van der Waals surface area contributed by atoms with Crippen LogP contribution in [0, 0.1) is 5.92 Å². The summed E-state index contributed by atoms with van der Waals surface area (Å²) >= 11 is 0. The average Bonchev–Trinajstić information content (AvgIpc) is 2.74. The van der Waals surface area contributed by atoms with E-state index in [2.05, 4.69) is 0 Å². The quantitative estimate of drug-likeness (QED) is 0.796. The Bertz CT molecular complexity index is 693. The third-order valence-corrected chi connectivity index (χ3v) is 6.51. The number of carbonyl (C=O) groups excluding carboxylic acids is 1. The number of para-hydroxylation sites is 1. The Morgan fingerprint density at radius 3 is 2.54 bits per heavy atom. The molecule has 0 spiro atoms. The van der Waals surface area contributed by atoms with Gasteiger partial charge in [-0.25, -0.2) is 0 Å². The minimum atomic E-state index is -3.48. The molecule has 1 aromatic rings. The van der Waals surface area contributed by atoms with Gasteiger partial charge < -0.3 is 9.64 Å². The lowest BCUT2D eigenvalue weighted by atomic mass is 9.93. The third-order valence-electron chi connectivity index (χ3n) is 4.61. The van der Waals surface area contributed by atoms with Gasteiger partial charge in [0.25, 0.3) is 10.2 Å². The van der Waals surface area contributed by atoms with Crippen molar-refractivity contribution < 1.29 is 17.9 Å². The Labute approximate surface area is 143 Å². The molecular formula is C16H23N3O4S. The van der Waals surface area contributed by atoms with Crippen molar-refractivity contribution in [3.63, 3.8) is 0 Å². The van der Waals surface area contributed by atoms with Crippen LogP contribution in [0.5, 0.6) is 0 Å². The lowest BCUT2D eigenvalue weighted by molar-refractivity contribution is -0.127. The van der Waals surface area contributed by atoms with E-state index in [0.717, 1.165) is 5.69 Å². The molecule has 2 fully saturated rings. The number of amides is 1. The molecule has 132 valence electrons. The van der Waals surface area contributed by atoms with Crippen molar-refractivity contribution in [1.82, 2.24) is 8.61 Å². The van der Waals surface area contributed by atoms with Gasteiger partial charge in [-0.15, -0.1) is 0 Å². The zero-order chi connectivity index (χ0) is 17.3. The maximum Gasteiger partial charge on any atom is 0.281 e. The fourth-order valence-electron chi connectivity index (χ4n) is 3.25. The topological polar surface area (TPSA) is 70.2 Å². The van der Waals surface area contributed by atoms with Crippen LogP contribution in [0.3, 0.4) is 0 Å². The molecule has 7 nitrogen and oxygen atoms in total. The van der Waals surface area contributed by atoms with Crippen LogP contribution in [0.1, 0.15) is 6.42 Å². The first-order chi connectivity index (χ1) is 11.4. The lowest BCUT2D eigenvalue weighted by Crippen LogP contribution is -2.53. The highest BCUT2D eigenvalue weighted by Gasteiger charge is 2.42. The molecule has 2 saturated heterocycles. The number of nitrogens with zero attached hydrogens (tertiary/aromatic N) is 3. The van der Waals surface area contributed by atoms with E-state index in [-0.39, 0.29) is 18.4 Å². The molecule has 2 heterocycles. The number of rotatable bonds is 3. The van der Waals surface area contributed by atoms with Crippen molar-refractivity contribution in [3.8, 4) is 0 Å². The second-order valence-corrected chi connectivity index (χ2v) is 8.42. The number of ether oxygens (including phenoxy) is 1. The molecule has 2 aliphatic heterocycles. The Kier molecular flexibility index (Phi) is 4.91. The summed E-state index contributed by atoms with van der Waals surface area (Å²) in [5.74, 6) is -0.285. The second kappa shape index (κ2) is 6.79. The van der Waals surface area contributed by atoms with Gasteiger partial charge in [-0.05, 0) is 18.6 Å². The molecular weight excluding hydrogens is 330 g/mol. The third kappa shape index (κ3) is 3.19. The molecule has 0 aromatic heterocycles. The predicted octanol–water partition coefficient (Wildman–Crippen LogP) is 0.547. The van der Waals surface area contributed by atoms with Gasteiger partial charge in [0.05, 0.1) is 18.6 Å². The summed E-state index contributed by atoms with van der Waals surface area (Å²) < 4.78 is 33.1. The van der Waals surface area contributed by atoms with Crippen LogP contribution in [0.4, 0.5) is 5.69 Å². The number of fused-ring (bicyclic) bond motifs is 1. The summed E-state index contributed by atoms with van der Waals surface area (Å²) in [6.07, 6.45) is 0.0783. The number of piperidine rings is 1. The molecule has 0 N–H and O–H groups in total. The van der Waals surface area contributed by atoms with E-state index in [0.29, 0.717) is 26.1 Å². The summed E-state index contributed by atoms with van der Waals surface area (Å²) in [6, 6.07) is 9.53. The molecule has 1 amide bonds. The van der Waals surface area contributed by atoms with Crippen molar-refractivity contribution in [1.29, 1.82) is 0 Å². The van der Waals surface area contributed by atoms with E-state index < -0.39 is 16.3 Å². The first kappa shape index (κ1) is 17.3. The monoisotopic (exact) mass is 353 g/mol. The van der Waals surface area contributed by atoms with Crippen LogP contribution in [0.25, 0.3) is 0 Å². The van der Waals surface area contributed by atoms with E-state index in [1.807, 2.05) is 30.3 Å². The van der Waals surface area contributed by atoms with Gasteiger partial charge in [0.15, 0.2) is 0 Å². The van der Waals surface area contributed by atoms with E-state index in [4.69, 9.17) is 4.74 Å². The normalized spacial score (nSPS) is 26.3. The van der Waals surface area contributed by atoms with Crippen molar-refractivity contribution >= 4 is 21.8 Å². The molecule has 0 unspecified atom stereocenters. The SMILES string of the molecule is CN(C)S(=O)(=O)N1CC[C@@H]2C(=O)N(c3ccccc3)CCO[C@@H]2C1. The standard InChI is InChI=1S/C16H23N3O4S/c1-17(2)24(21,22)18-9-8-14-15(12-18)23-11-10-19(16(14)20)13-6-4-3-5-7-13/h3-7,14-15H,8-12H2,1-2H3/t14-,15+/m0/s1. The Morgan fingerprint density at radius 2 is 1.88 bits per heavy atom. The Morgan fingerprint density at radius 1 is 1.17 bits per heavy atom. The van der Waals surface area contributed by atoms with Crippen LogP contribution >= 0.6 is 0 Å². The Hall–Kier alpha value is -1.48. The molecule has 8 heteroatoms. The zero-order valence-corrected chi connectivity index (χ0v) is 14.8. The number of benzene rings is 1. The highest BCUT2D eigenvalue weighted by Crippen LogP contribution is 2.29. The minimum Gasteiger partial charge on any atom is -0.374 e. The van der Waals surface area contributed by atoms with Crippen molar-refractivity contribution in [2.24, 2.45) is 5.92 Å². The summed E-state index contributed by atoms with van der Waals surface area (Å²) in [5, 5.41) is 0. The maximum atomic E-state index is 12.9. The van der Waals surface area contributed by atoms with Gasteiger partial charge >= 0.3 is 0 Å². The average molecular weight is 353 g/mol. The number of anilines is 1. The molecule has 0 saturated carbocycles. The van der Waals surface area contributed by atoms with Crippen LogP contribution in [0.15, 0.2) is 30.3 Å². The molecule has 3 rings (SSSR count). The van der Waals surface area contributed by atoms with Crippen molar-refractivity contribution in [2.45, 2.75) is 12.5 Å². The molecule has 0 aliphatic carbocycles. The predicted molar refractivity (Wildman–Crippen MR) is 90.8 cm³/mol. The second-order valence-electron chi connectivity index (χ2n) is 6.28. The summed E-state index contributed by atoms with van der Waals surface area (Å²) in [6.45, 7) is 1.44. The van der Waals surface area contributed by atoms with Crippen LogP contribution < -0.4 is 4.90 Å². The first-order valence-corrected chi connectivity index (χ1v) is 9.46. The molecule has 1 aromatic carbocycles. The highest BCUT2D eigenvalue weighted by molar-refractivity contribution is 7.86. The van der Waals surface area contributed by atoms with Gasteiger partial charge in [-0.2, -0.15) is 17.0 Å². The van der Waals surface area contributed by atoms with Gasteiger partial charge in [0.2, 0.25) is 5.91 Å². The van der Waals surface area contributed by atoms with Gasteiger partial charge in [-0.3, -0.25) is 4.79 Å². The first-order valence-electron chi connectivity index (χ1n) is 8.07. The molecule has 0 radical (unpaired) electrons. The van der Waals surface area contributed by atoms with Gasteiger partial charge in [-0.1, -0.05) is 18.2 Å². The highest BCUT2D eigenvalue weighted by atomic mass is 32.2. The van der Waals surface area contributed by atoms with Gasteiger partial charge in [0, 0.05) is 39.4 Å². The zero-order valence-electron chi connectivity index (χ0n) is 14.0. The minimum absolute atomic E-state index is 0.0191. The van der Waals surface area contributed by atoms with Gasteiger partial charge in [0.1, 0.15) is 0 Å². The summed E-state index contributed by atoms with van der Waals surface area (Å²) in [5.41, 5.74) is 0.857. The maximum absolute atomic E-state index is 12.9. The van der Waals surface area contributed by atoms with Crippen LogP contribution in [-0.2, 0) is 19.7 Å². The van der Waals surface area contributed by atoms with Crippen molar-refractivity contribution in [3.05, 3.63) is 30.3 Å². The van der Waals surface area contributed by atoms with E-state index in [9.17, 15) is 13.2 Å². The smallest absolute Gasteiger partial charge is 0.281 e. The van der Waals surface area contributed by atoms with Crippen LogP contribution in [-0.4, -0.2) is 69.4 Å². The Balaban J connectivity index is 1.79. The fraction of sp³-hybridized carbons (Fsp3) is 0.562. The molecule has 24 heavy (non-hydrogen) atoms. The molecule has 0 bridgehead atoms. The fourth-order valence-corrected chi connectivity index (χ4v) is 4.38. The largest absolute Gasteiger partial charge is 0.374 e.